The van der Waals surface area contributed by atoms with Gasteiger partial charge in [-0.25, -0.2) is 23.7 Å². The summed E-state index contributed by atoms with van der Waals surface area (Å²) in [6, 6.07) is 16.1. The van der Waals surface area contributed by atoms with Gasteiger partial charge in [-0.1, -0.05) is 24.3 Å². The van der Waals surface area contributed by atoms with Gasteiger partial charge in [0.1, 0.15) is 17.3 Å². The zero-order valence-corrected chi connectivity index (χ0v) is 13.4. The Kier molecular flexibility index (Phi) is 3.69. The molecule has 0 aliphatic carbocycles. The molecule has 2 heterocycles. The second-order valence-corrected chi connectivity index (χ2v) is 5.70. The van der Waals surface area contributed by atoms with Crippen molar-refractivity contribution < 1.29 is 8.78 Å². The van der Waals surface area contributed by atoms with Crippen LogP contribution in [0.1, 0.15) is 5.69 Å². The van der Waals surface area contributed by atoms with Gasteiger partial charge in [0.25, 0.3) is 0 Å². The average molecular weight is 333 g/mol. The molecular formula is C20H13F2N3. The van der Waals surface area contributed by atoms with Gasteiger partial charge in [0.05, 0.1) is 11.2 Å². The first-order chi connectivity index (χ1) is 12.1. The Labute approximate surface area is 143 Å². The van der Waals surface area contributed by atoms with Crippen LogP contribution in [-0.4, -0.2) is 15.0 Å². The van der Waals surface area contributed by atoms with Crippen molar-refractivity contribution in [1.82, 2.24) is 15.0 Å². The molecule has 0 amide bonds. The van der Waals surface area contributed by atoms with Crippen LogP contribution < -0.4 is 0 Å². The molecular weight excluding hydrogens is 320 g/mol. The first-order valence-electron chi connectivity index (χ1n) is 7.78. The molecule has 0 spiro atoms. The third-order valence-electron chi connectivity index (χ3n) is 3.90. The first kappa shape index (κ1) is 15.3. The summed E-state index contributed by atoms with van der Waals surface area (Å²) in [4.78, 5) is 13.5. The predicted octanol–water partition coefficient (Wildman–Crippen LogP) is 4.95. The number of hydrogen-bond donors (Lipinski definition) is 0. The largest absolute Gasteiger partial charge is 0.250 e. The molecule has 4 aromatic rings. The highest BCUT2D eigenvalue weighted by atomic mass is 19.1. The number of halogens is 2. The molecule has 0 radical (unpaired) electrons. The van der Waals surface area contributed by atoms with Crippen molar-refractivity contribution in [2.45, 2.75) is 6.92 Å². The fourth-order valence-corrected chi connectivity index (χ4v) is 2.74. The molecule has 2 aromatic heterocycles. The van der Waals surface area contributed by atoms with Crippen molar-refractivity contribution in [3.8, 4) is 22.8 Å². The van der Waals surface area contributed by atoms with Crippen molar-refractivity contribution in [3.05, 3.63) is 78.0 Å². The van der Waals surface area contributed by atoms with E-state index in [1.54, 1.807) is 12.1 Å². The maximum absolute atomic E-state index is 14.3. The Morgan fingerprint density at radius 3 is 2.48 bits per heavy atom. The highest BCUT2D eigenvalue weighted by Crippen LogP contribution is 2.30. The molecule has 0 unspecified atom stereocenters. The van der Waals surface area contributed by atoms with E-state index in [9.17, 15) is 8.78 Å². The number of rotatable bonds is 2. The van der Waals surface area contributed by atoms with Crippen molar-refractivity contribution in [2.75, 3.05) is 0 Å². The normalized spacial score (nSPS) is 11.0. The van der Waals surface area contributed by atoms with E-state index in [0.717, 1.165) is 23.9 Å². The zero-order chi connectivity index (χ0) is 17.4. The smallest absolute Gasteiger partial charge is 0.179 e. The number of nitrogens with zero attached hydrogens (tertiary/aromatic N) is 3. The lowest BCUT2D eigenvalue weighted by Gasteiger charge is -2.10. The van der Waals surface area contributed by atoms with Gasteiger partial charge in [-0.3, -0.25) is 0 Å². The highest BCUT2D eigenvalue weighted by Gasteiger charge is 2.15. The molecule has 5 heteroatoms. The van der Waals surface area contributed by atoms with Crippen molar-refractivity contribution >= 4 is 10.9 Å². The standard InChI is InChI=1S/C20H13F2N3/c1-12-5-4-8-18(23-12)20-24-17-7-3-2-6-14(17)19(25-20)15-11-13(21)9-10-16(15)22/h2-11H,1H3. The van der Waals surface area contributed by atoms with Crippen molar-refractivity contribution in [1.29, 1.82) is 0 Å². The van der Waals surface area contributed by atoms with Crippen LogP contribution in [0, 0.1) is 18.6 Å². The summed E-state index contributed by atoms with van der Waals surface area (Å²) in [5.74, 6) is -0.677. The SMILES string of the molecule is Cc1cccc(-c2nc(-c3cc(F)ccc3F)c3ccccc3n2)n1. The Morgan fingerprint density at radius 2 is 1.64 bits per heavy atom. The van der Waals surface area contributed by atoms with Gasteiger partial charge in [0.15, 0.2) is 5.82 Å². The van der Waals surface area contributed by atoms with Gasteiger partial charge >= 0.3 is 0 Å². The summed E-state index contributed by atoms with van der Waals surface area (Å²) in [6.45, 7) is 1.87. The van der Waals surface area contributed by atoms with E-state index in [4.69, 9.17) is 0 Å². The highest BCUT2D eigenvalue weighted by molar-refractivity contribution is 5.93. The second-order valence-electron chi connectivity index (χ2n) is 5.70. The molecule has 0 fully saturated rings. The number of fused-ring (bicyclic) bond motifs is 1. The fraction of sp³-hybridized carbons (Fsp3) is 0.0500. The number of benzene rings is 2. The summed E-state index contributed by atoms with van der Waals surface area (Å²) in [7, 11) is 0. The molecule has 0 saturated heterocycles. The molecule has 25 heavy (non-hydrogen) atoms. The van der Waals surface area contributed by atoms with Crippen LogP contribution in [0.2, 0.25) is 0 Å². The lowest BCUT2D eigenvalue weighted by Crippen LogP contribution is -1.98. The zero-order valence-electron chi connectivity index (χ0n) is 13.4. The Bertz CT molecular complexity index is 1090. The van der Waals surface area contributed by atoms with Crippen LogP contribution in [-0.2, 0) is 0 Å². The van der Waals surface area contributed by atoms with Crippen LogP contribution in [0.25, 0.3) is 33.7 Å². The molecule has 0 aliphatic rings. The number of hydrogen-bond acceptors (Lipinski definition) is 3. The van der Waals surface area contributed by atoms with Gasteiger partial charge in [0.2, 0.25) is 0 Å². The average Bonchev–Trinajstić information content (AvgIpc) is 2.63. The Balaban J connectivity index is 2.04. The van der Waals surface area contributed by atoms with Gasteiger partial charge in [0, 0.05) is 16.6 Å². The fourth-order valence-electron chi connectivity index (χ4n) is 2.74. The Hall–Kier alpha value is -3.21. The quantitative estimate of drug-likeness (QED) is 0.521. The number of aromatic nitrogens is 3. The lowest BCUT2D eigenvalue weighted by atomic mass is 10.1. The lowest BCUT2D eigenvalue weighted by molar-refractivity contribution is 0.603. The minimum atomic E-state index is -0.534. The van der Waals surface area contributed by atoms with Crippen molar-refractivity contribution in [2.24, 2.45) is 0 Å². The minimum Gasteiger partial charge on any atom is -0.250 e. The van der Waals surface area contributed by atoms with Crippen LogP contribution in [0.3, 0.4) is 0 Å². The van der Waals surface area contributed by atoms with Gasteiger partial charge in [-0.05, 0) is 43.3 Å². The topological polar surface area (TPSA) is 38.7 Å². The molecule has 0 aliphatic heterocycles. The van der Waals surface area contributed by atoms with Crippen LogP contribution >= 0.6 is 0 Å². The number of pyridine rings is 1. The molecule has 0 atom stereocenters. The molecule has 0 N–H and O–H groups in total. The third-order valence-corrected chi connectivity index (χ3v) is 3.90. The molecule has 0 bridgehead atoms. The van der Waals surface area contributed by atoms with E-state index in [-0.39, 0.29) is 5.56 Å². The molecule has 3 nitrogen and oxygen atoms in total. The van der Waals surface area contributed by atoms with E-state index < -0.39 is 11.6 Å². The Morgan fingerprint density at radius 1 is 0.800 bits per heavy atom. The van der Waals surface area contributed by atoms with Crippen LogP contribution in [0.4, 0.5) is 8.78 Å². The summed E-state index contributed by atoms with van der Waals surface area (Å²) in [6.07, 6.45) is 0. The van der Waals surface area contributed by atoms with Gasteiger partial charge < -0.3 is 0 Å². The van der Waals surface area contributed by atoms with Crippen LogP contribution in [0.5, 0.6) is 0 Å². The minimum absolute atomic E-state index is 0.104. The van der Waals surface area contributed by atoms with E-state index in [0.29, 0.717) is 28.1 Å². The summed E-state index contributed by atoms with van der Waals surface area (Å²) in [5.41, 5.74) is 2.51. The van der Waals surface area contributed by atoms with Gasteiger partial charge in [-0.2, -0.15) is 0 Å². The second kappa shape index (κ2) is 6.02. The van der Waals surface area contributed by atoms with E-state index >= 15 is 0 Å². The van der Waals surface area contributed by atoms with Crippen LogP contribution in [0.15, 0.2) is 60.7 Å². The van der Waals surface area contributed by atoms with E-state index in [1.807, 2.05) is 37.3 Å². The van der Waals surface area contributed by atoms with Gasteiger partial charge in [-0.15, -0.1) is 0 Å². The molecule has 4 rings (SSSR count). The molecule has 122 valence electrons. The maximum Gasteiger partial charge on any atom is 0.179 e. The molecule has 2 aromatic carbocycles. The first-order valence-corrected chi connectivity index (χ1v) is 7.78. The van der Waals surface area contributed by atoms with Crippen molar-refractivity contribution in [3.63, 3.8) is 0 Å². The van der Waals surface area contributed by atoms with E-state index in [1.165, 1.54) is 0 Å². The van der Waals surface area contributed by atoms with E-state index in [2.05, 4.69) is 15.0 Å². The number of aryl methyl sites for hydroxylation is 1. The molecule has 0 saturated carbocycles. The maximum atomic E-state index is 14.3. The third kappa shape index (κ3) is 2.85. The summed E-state index contributed by atoms with van der Waals surface area (Å²) >= 11 is 0. The summed E-state index contributed by atoms with van der Waals surface area (Å²) in [5, 5.41) is 0.656. The number of para-hydroxylation sites is 1. The predicted molar refractivity (Wildman–Crippen MR) is 92.9 cm³/mol. The summed E-state index contributed by atoms with van der Waals surface area (Å²) < 4.78 is 28.0. The monoisotopic (exact) mass is 333 g/mol.